The highest BCUT2D eigenvalue weighted by atomic mass is 14.8. The van der Waals surface area contributed by atoms with Crippen molar-refractivity contribution < 1.29 is 0 Å². The van der Waals surface area contributed by atoms with Crippen LogP contribution in [0.2, 0.25) is 0 Å². The second-order valence-electron chi connectivity index (χ2n) is 10.2. The van der Waals surface area contributed by atoms with E-state index in [-0.39, 0.29) is 0 Å². The molecular weight excluding hydrogens is 484 g/mol. The fourth-order valence-corrected chi connectivity index (χ4v) is 5.71. The Morgan fingerprint density at radius 2 is 1.27 bits per heavy atom. The predicted octanol–water partition coefficient (Wildman–Crippen LogP) is 9.91. The zero-order chi connectivity index (χ0) is 26.9. The summed E-state index contributed by atoms with van der Waals surface area (Å²) >= 11 is 0. The Kier molecular flexibility index (Phi) is 6.14. The number of rotatable bonds is 6. The average molecular weight is 513 g/mol. The van der Waals surface area contributed by atoms with Crippen LogP contribution in [-0.4, -0.2) is 11.9 Å². The zero-order valence-electron chi connectivity index (χ0n) is 22.4. The quantitative estimate of drug-likeness (QED) is 0.198. The van der Waals surface area contributed by atoms with E-state index in [4.69, 9.17) is 9.98 Å². The van der Waals surface area contributed by atoms with Crippen molar-refractivity contribution in [2.24, 2.45) is 9.98 Å². The van der Waals surface area contributed by atoms with Gasteiger partial charge in [-0.25, -0.2) is 4.99 Å². The van der Waals surface area contributed by atoms with Gasteiger partial charge in [-0.1, -0.05) is 115 Å². The maximum absolute atomic E-state index is 5.05. The molecule has 7 rings (SSSR count). The number of hydrogen-bond acceptors (Lipinski definition) is 2. The number of fused-ring (bicyclic) bond motifs is 2. The highest BCUT2D eigenvalue weighted by Gasteiger charge is 2.27. The van der Waals surface area contributed by atoms with E-state index in [1.165, 1.54) is 49.7 Å². The summed E-state index contributed by atoms with van der Waals surface area (Å²) in [6.07, 6.45) is 2.81. The van der Waals surface area contributed by atoms with Crippen LogP contribution in [0.15, 0.2) is 143 Å². The fourth-order valence-electron chi connectivity index (χ4n) is 5.71. The predicted molar refractivity (Wildman–Crippen MR) is 170 cm³/mol. The second kappa shape index (κ2) is 10.2. The van der Waals surface area contributed by atoms with Crippen molar-refractivity contribution in [3.63, 3.8) is 0 Å². The Hall–Kier alpha value is -5.08. The van der Waals surface area contributed by atoms with E-state index in [1.807, 2.05) is 12.3 Å². The van der Waals surface area contributed by atoms with Crippen molar-refractivity contribution in [3.8, 4) is 22.3 Å². The molecule has 0 atom stereocenters. The molecule has 190 valence electrons. The number of hydrogen-bond donors (Lipinski definition) is 0. The normalized spacial score (nSPS) is 12.3. The Bertz CT molecular complexity index is 1930. The number of aryl methyl sites for hydroxylation is 1. The molecule has 40 heavy (non-hydrogen) atoms. The summed E-state index contributed by atoms with van der Waals surface area (Å²) in [5, 5.41) is 2.41. The van der Waals surface area contributed by atoms with Crippen LogP contribution >= 0.6 is 0 Å². The van der Waals surface area contributed by atoms with E-state index in [1.54, 1.807) is 0 Å². The minimum atomic E-state index is 0.788. The summed E-state index contributed by atoms with van der Waals surface area (Å²) in [7, 11) is 0. The number of nitrogens with zero attached hydrogens (tertiary/aromatic N) is 2. The first-order chi connectivity index (χ1) is 19.8. The van der Waals surface area contributed by atoms with Crippen LogP contribution in [0.4, 0.5) is 11.4 Å². The zero-order valence-corrected chi connectivity index (χ0v) is 22.4. The van der Waals surface area contributed by atoms with Gasteiger partial charge in [0.2, 0.25) is 0 Å². The molecular formula is C38H28N2. The van der Waals surface area contributed by atoms with Gasteiger partial charge in [0.05, 0.1) is 17.1 Å². The standard InChI is InChI=1S/C38H28N2/c1-26-13-5-7-17-29(26)36-33(31-19-9-11-21-34(31)39-24-23-27-14-3-2-4-15-27)25-28-16-6-8-18-30(28)37(36)38-32-20-10-12-22-35(32)40-38/h2-22,24-25H,23H2,1H3. The van der Waals surface area contributed by atoms with Gasteiger partial charge in [0, 0.05) is 29.3 Å². The average Bonchev–Trinajstić information content (AvgIpc) is 2.99. The molecule has 1 aliphatic rings. The van der Waals surface area contributed by atoms with Crippen LogP contribution in [0.25, 0.3) is 33.0 Å². The van der Waals surface area contributed by atoms with Crippen molar-refractivity contribution in [1.82, 2.24) is 0 Å². The molecule has 0 amide bonds. The molecule has 0 radical (unpaired) electrons. The van der Waals surface area contributed by atoms with E-state index in [2.05, 4.69) is 134 Å². The summed E-state index contributed by atoms with van der Waals surface area (Å²) < 4.78 is 0. The summed E-state index contributed by atoms with van der Waals surface area (Å²) in [6, 6.07) is 47.1. The molecule has 6 aromatic carbocycles. The van der Waals surface area contributed by atoms with E-state index >= 15 is 0 Å². The molecule has 0 aliphatic carbocycles. The van der Waals surface area contributed by atoms with Gasteiger partial charge in [-0.2, -0.15) is 0 Å². The lowest BCUT2D eigenvalue weighted by Crippen LogP contribution is -2.14. The maximum atomic E-state index is 5.05. The van der Waals surface area contributed by atoms with Gasteiger partial charge in [-0.05, 0) is 63.7 Å². The van der Waals surface area contributed by atoms with Crippen LogP contribution in [0.3, 0.4) is 0 Å². The van der Waals surface area contributed by atoms with Gasteiger partial charge in [-0.3, -0.25) is 4.99 Å². The lowest BCUT2D eigenvalue weighted by atomic mass is 9.80. The van der Waals surface area contributed by atoms with Gasteiger partial charge in [-0.15, -0.1) is 0 Å². The Morgan fingerprint density at radius 1 is 0.600 bits per heavy atom. The van der Waals surface area contributed by atoms with Crippen molar-refractivity contribution in [2.75, 3.05) is 0 Å². The highest BCUT2D eigenvalue weighted by Crippen LogP contribution is 2.46. The first-order valence-corrected chi connectivity index (χ1v) is 13.7. The Labute approximate surface area is 235 Å². The van der Waals surface area contributed by atoms with Crippen LogP contribution < -0.4 is 0 Å². The van der Waals surface area contributed by atoms with Crippen molar-refractivity contribution in [3.05, 3.63) is 156 Å². The second-order valence-corrected chi connectivity index (χ2v) is 10.2. The van der Waals surface area contributed by atoms with Crippen molar-refractivity contribution in [1.29, 1.82) is 0 Å². The topological polar surface area (TPSA) is 24.7 Å². The first kappa shape index (κ1) is 24.0. The molecule has 0 bridgehead atoms. The van der Waals surface area contributed by atoms with Gasteiger partial charge >= 0.3 is 0 Å². The van der Waals surface area contributed by atoms with Gasteiger partial charge < -0.3 is 0 Å². The van der Waals surface area contributed by atoms with Crippen molar-refractivity contribution in [2.45, 2.75) is 13.3 Å². The summed E-state index contributed by atoms with van der Waals surface area (Å²) in [5.41, 5.74) is 12.6. The molecule has 1 heterocycles. The molecule has 0 N–H and O–H groups in total. The highest BCUT2D eigenvalue weighted by molar-refractivity contribution is 6.30. The molecule has 1 aliphatic heterocycles. The third-order valence-corrected chi connectivity index (χ3v) is 7.69. The minimum absolute atomic E-state index is 0.788. The van der Waals surface area contributed by atoms with Crippen molar-refractivity contribution >= 4 is 34.1 Å². The molecule has 0 spiro atoms. The lowest BCUT2D eigenvalue weighted by molar-refractivity contribution is 1.34. The maximum Gasteiger partial charge on any atom is 0.0816 e. The number of benzene rings is 6. The molecule has 0 unspecified atom stereocenters. The fraction of sp³-hybridized carbons (Fsp3) is 0.0526. The Morgan fingerprint density at radius 3 is 2.10 bits per heavy atom. The monoisotopic (exact) mass is 512 g/mol. The van der Waals surface area contributed by atoms with E-state index in [0.717, 1.165) is 29.1 Å². The third-order valence-electron chi connectivity index (χ3n) is 7.69. The first-order valence-electron chi connectivity index (χ1n) is 13.7. The number of para-hydroxylation sites is 2. The third kappa shape index (κ3) is 4.24. The van der Waals surface area contributed by atoms with Crippen LogP contribution in [-0.2, 0) is 6.42 Å². The van der Waals surface area contributed by atoms with Crippen LogP contribution in [0.1, 0.15) is 22.3 Å². The minimum Gasteiger partial charge on any atom is -0.260 e. The van der Waals surface area contributed by atoms with Gasteiger partial charge in [0.15, 0.2) is 0 Å². The molecule has 2 nitrogen and oxygen atoms in total. The Balaban J connectivity index is 1.49. The SMILES string of the molecule is Cc1ccccc1-c1c(-c2ccccc2N=CCc2ccccc2)cc2ccccc2c1C1=Nc2ccccc21. The summed E-state index contributed by atoms with van der Waals surface area (Å²) in [4.78, 5) is 10.1. The molecule has 0 aromatic heterocycles. The summed E-state index contributed by atoms with van der Waals surface area (Å²) in [5.74, 6) is 0. The van der Waals surface area contributed by atoms with Crippen LogP contribution in [0.5, 0.6) is 0 Å². The molecule has 0 saturated heterocycles. The van der Waals surface area contributed by atoms with Crippen LogP contribution in [0, 0.1) is 6.92 Å². The van der Waals surface area contributed by atoms with Gasteiger partial charge in [0.25, 0.3) is 0 Å². The van der Waals surface area contributed by atoms with Gasteiger partial charge in [0.1, 0.15) is 0 Å². The largest absolute Gasteiger partial charge is 0.260 e. The smallest absolute Gasteiger partial charge is 0.0816 e. The number of aliphatic imine (C=N–C) groups is 2. The van der Waals surface area contributed by atoms with E-state index in [0.29, 0.717) is 0 Å². The molecule has 0 fully saturated rings. The van der Waals surface area contributed by atoms with E-state index < -0.39 is 0 Å². The summed E-state index contributed by atoms with van der Waals surface area (Å²) in [6.45, 7) is 2.19. The molecule has 6 aromatic rings. The lowest BCUT2D eigenvalue weighted by Gasteiger charge is -2.26. The van der Waals surface area contributed by atoms with E-state index in [9.17, 15) is 0 Å². The molecule has 2 heteroatoms. The molecule has 0 saturated carbocycles.